The maximum atomic E-state index is 11.1. The minimum atomic E-state index is -0.475. The molecule has 0 saturated heterocycles. The summed E-state index contributed by atoms with van der Waals surface area (Å²) in [6.45, 7) is 0. The number of hydrogen-bond acceptors (Lipinski definition) is 5. The van der Waals surface area contributed by atoms with Crippen LogP contribution < -0.4 is 5.48 Å². The van der Waals surface area contributed by atoms with Gasteiger partial charge in [0.15, 0.2) is 11.0 Å². The van der Waals surface area contributed by atoms with Gasteiger partial charge in [0.05, 0.1) is 5.75 Å². The maximum Gasteiger partial charge on any atom is 0.253 e. The normalized spacial score (nSPS) is 11.0. The molecule has 7 nitrogen and oxygen atoms in total. The van der Waals surface area contributed by atoms with Crippen molar-refractivity contribution in [1.82, 2.24) is 25.2 Å². The van der Waals surface area contributed by atoms with Crippen molar-refractivity contribution >= 4 is 28.6 Å². The van der Waals surface area contributed by atoms with Gasteiger partial charge in [0.2, 0.25) is 0 Å². The molecule has 0 atom stereocenters. The minimum Gasteiger partial charge on any atom is -0.360 e. The molecule has 21 heavy (non-hydrogen) atoms. The molecule has 0 radical (unpaired) electrons. The van der Waals surface area contributed by atoms with Gasteiger partial charge in [0.1, 0.15) is 0 Å². The molecule has 0 aliphatic heterocycles. The SMILES string of the molecule is Cn1c(SCC(=O)NO)nnc1-c1c[nH]c2ccccc12. The van der Waals surface area contributed by atoms with Crippen molar-refractivity contribution in [1.29, 1.82) is 0 Å². The predicted molar refractivity (Wildman–Crippen MR) is 78.9 cm³/mol. The fraction of sp³-hybridized carbons (Fsp3) is 0.154. The number of aromatic amines is 1. The molecule has 0 bridgehead atoms. The zero-order valence-electron chi connectivity index (χ0n) is 11.2. The number of hydroxylamine groups is 1. The third-order valence-electron chi connectivity index (χ3n) is 3.12. The number of H-pyrrole nitrogens is 1. The molecule has 3 N–H and O–H groups in total. The first-order valence-electron chi connectivity index (χ1n) is 6.22. The summed E-state index contributed by atoms with van der Waals surface area (Å²) in [5.41, 5.74) is 3.58. The van der Waals surface area contributed by atoms with Crippen LogP contribution in [0.25, 0.3) is 22.3 Å². The average Bonchev–Trinajstić information content (AvgIpc) is 3.08. The fourth-order valence-electron chi connectivity index (χ4n) is 2.09. The van der Waals surface area contributed by atoms with Gasteiger partial charge < -0.3 is 9.55 Å². The Labute approximate surface area is 124 Å². The Bertz CT molecular complexity index is 795. The number of aromatic nitrogens is 4. The van der Waals surface area contributed by atoms with E-state index in [9.17, 15) is 4.79 Å². The monoisotopic (exact) mass is 303 g/mol. The van der Waals surface area contributed by atoms with E-state index < -0.39 is 5.91 Å². The van der Waals surface area contributed by atoms with E-state index in [-0.39, 0.29) is 5.75 Å². The first-order chi connectivity index (χ1) is 10.2. The van der Waals surface area contributed by atoms with E-state index >= 15 is 0 Å². The molecule has 0 aliphatic carbocycles. The predicted octanol–water partition coefficient (Wildman–Crippen LogP) is 1.56. The lowest BCUT2D eigenvalue weighted by Gasteiger charge is -2.02. The van der Waals surface area contributed by atoms with Crippen LogP contribution in [0.2, 0.25) is 0 Å². The smallest absolute Gasteiger partial charge is 0.253 e. The second-order valence-electron chi connectivity index (χ2n) is 4.44. The highest BCUT2D eigenvalue weighted by Gasteiger charge is 2.15. The van der Waals surface area contributed by atoms with E-state index in [1.165, 1.54) is 11.8 Å². The van der Waals surface area contributed by atoms with E-state index in [2.05, 4.69) is 15.2 Å². The zero-order valence-corrected chi connectivity index (χ0v) is 12.0. The van der Waals surface area contributed by atoms with Crippen LogP contribution in [0.5, 0.6) is 0 Å². The van der Waals surface area contributed by atoms with Gasteiger partial charge in [-0.25, -0.2) is 5.48 Å². The number of carbonyl (C=O) groups is 1. The van der Waals surface area contributed by atoms with Gasteiger partial charge >= 0.3 is 0 Å². The number of nitrogens with zero attached hydrogens (tertiary/aromatic N) is 3. The zero-order chi connectivity index (χ0) is 14.8. The summed E-state index contributed by atoms with van der Waals surface area (Å²) in [6.07, 6.45) is 1.89. The van der Waals surface area contributed by atoms with Gasteiger partial charge in [-0.2, -0.15) is 0 Å². The van der Waals surface area contributed by atoms with Crippen LogP contribution in [0.15, 0.2) is 35.6 Å². The Morgan fingerprint density at radius 2 is 2.24 bits per heavy atom. The van der Waals surface area contributed by atoms with Crippen molar-refractivity contribution in [2.75, 3.05) is 5.75 Å². The molecule has 1 aromatic carbocycles. The van der Waals surface area contributed by atoms with Gasteiger partial charge in [-0.1, -0.05) is 30.0 Å². The molecule has 2 aromatic heterocycles. The molecule has 1 amide bonds. The maximum absolute atomic E-state index is 11.1. The Morgan fingerprint density at radius 1 is 1.43 bits per heavy atom. The standard InChI is InChI=1S/C13H13N5O2S/c1-18-12(15-16-13(18)21-7-11(19)17-20)9-6-14-10-5-3-2-4-8(9)10/h2-6,14,20H,7H2,1H3,(H,17,19). The van der Waals surface area contributed by atoms with Crippen molar-refractivity contribution in [3.05, 3.63) is 30.5 Å². The average molecular weight is 303 g/mol. The molecular formula is C13H13N5O2S. The number of carbonyl (C=O) groups excluding carboxylic acids is 1. The van der Waals surface area contributed by atoms with Crippen molar-refractivity contribution in [2.45, 2.75) is 5.16 Å². The summed E-state index contributed by atoms with van der Waals surface area (Å²) in [5, 5.41) is 18.4. The number of fused-ring (bicyclic) bond motifs is 1. The van der Waals surface area contributed by atoms with E-state index in [4.69, 9.17) is 5.21 Å². The largest absolute Gasteiger partial charge is 0.360 e. The second kappa shape index (κ2) is 5.58. The third-order valence-corrected chi connectivity index (χ3v) is 4.14. The second-order valence-corrected chi connectivity index (χ2v) is 5.38. The molecule has 0 unspecified atom stereocenters. The highest BCUT2D eigenvalue weighted by Crippen LogP contribution is 2.28. The van der Waals surface area contributed by atoms with Crippen LogP contribution >= 0.6 is 11.8 Å². The first kappa shape index (κ1) is 13.7. The van der Waals surface area contributed by atoms with Crippen LogP contribution in [-0.2, 0) is 11.8 Å². The molecule has 0 aliphatic rings. The Morgan fingerprint density at radius 3 is 3.05 bits per heavy atom. The summed E-state index contributed by atoms with van der Waals surface area (Å²) in [6, 6.07) is 7.95. The molecule has 108 valence electrons. The number of rotatable bonds is 4. The van der Waals surface area contributed by atoms with E-state index in [0.717, 1.165) is 22.3 Å². The lowest BCUT2D eigenvalue weighted by Crippen LogP contribution is -2.20. The highest BCUT2D eigenvalue weighted by molar-refractivity contribution is 7.99. The van der Waals surface area contributed by atoms with E-state index in [1.54, 1.807) is 5.48 Å². The van der Waals surface area contributed by atoms with Gasteiger partial charge in [-0.05, 0) is 6.07 Å². The van der Waals surface area contributed by atoms with E-state index in [1.807, 2.05) is 42.1 Å². The number of benzene rings is 1. The minimum absolute atomic E-state index is 0.0797. The molecule has 3 rings (SSSR count). The molecule has 0 fully saturated rings. The van der Waals surface area contributed by atoms with Crippen molar-refractivity contribution < 1.29 is 10.0 Å². The molecule has 0 spiro atoms. The topological polar surface area (TPSA) is 95.8 Å². The number of para-hydroxylation sites is 1. The summed E-state index contributed by atoms with van der Waals surface area (Å²) < 4.78 is 1.82. The van der Waals surface area contributed by atoms with Crippen LogP contribution in [-0.4, -0.2) is 36.6 Å². The Kier molecular flexibility index (Phi) is 3.63. The van der Waals surface area contributed by atoms with Crippen LogP contribution in [0, 0.1) is 0 Å². The highest BCUT2D eigenvalue weighted by atomic mass is 32.2. The van der Waals surface area contributed by atoms with Crippen LogP contribution in [0.1, 0.15) is 0 Å². The number of amides is 1. The number of nitrogens with one attached hydrogen (secondary N) is 2. The number of thioether (sulfide) groups is 1. The van der Waals surface area contributed by atoms with Gasteiger partial charge in [-0.3, -0.25) is 10.0 Å². The molecule has 3 aromatic rings. The number of hydrogen-bond donors (Lipinski definition) is 3. The van der Waals surface area contributed by atoms with Gasteiger partial charge in [0, 0.05) is 29.7 Å². The van der Waals surface area contributed by atoms with Crippen molar-refractivity contribution in [3.8, 4) is 11.4 Å². The van der Waals surface area contributed by atoms with Crippen molar-refractivity contribution in [2.24, 2.45) is 7.05 Å². The molecular weight excluding hydrogens is 290 g/mol. The first-order valence-corrected chi connectivity index (χ1v) is 7.21. The lowest BCUT2D eigenvalue weighted by atomic mass is 10.1. The van der Waals surface area contributed by atoms with E-state index in [0.29, 0.717) is 5.16 Å². The van der Waals surface area contributed by atoms with Crippen LogP contribution in [0.3, 0.4) is 0 Å². The fourth-order valence-corrected chi connectivity index (χ4v) is 2.80. The molecule has 2 heterocycles. The summed E-state index contributed by atoms with van der Waals surface area (Å²) >= 11 is 1.21. The summed E-state index contributed by atoms with van der Waals surface area (Å²) in [7, 11) is 1.84. The Balaban J connectivity index is 1.93. The van der Waals surface area contributed by atoms with Crippen molar-refractivity contribution in [3.63, 3.8) is 0 Å². The lowest BCUT2D eigenvalue weighted by molar-refractivity contribution is -0.126. The Hall–Kier alpha value is -2.32. The quantitative estimate of drug-likeness (QED) is 0.386. The van der Waals surface area contributed by atoms with Crippen LogP contribution in [0.4, 0.5) is 0 Å². The summed E-state index contributed by atoms with van der Waals surface area (Å²) in [5.74, 6) is 0.326. The third kappa shape index (κ3) is 2.50. The van der Waals surface area contributed by atoms with Gasteiger partial charge in [0.25, 0.3) is 5.91 Å². The summed E-state index contributed by atoms with van der Waals surface area (Å²) in [4.78, 5) is 14.3. The molecule has 8 heteroatoms. The molecule has 0 saturated carbocycles. The van der Waals surface area contributed by atoms with Gasteiger partial charge in [-0.15, -0.1) is 10.2 Å².